The van der Waals surface area contributed by atoms with Gasteiger partial charge in [0.1, 0.15) is 12.4 Å². The van der Waals surface area contributed by atoms with Crippen LogP contribution in [-0.4, -0.2) is 17.8 Å². The molecule has 1 heterocycles. The van der Waals surface area contributed by atoms with Crippen molar-refractivity contribution in [2.75, 3.05) is 6.61 Å². The van der Waals surface area contributed by atoms with Gasteiger partial charge in [-0.3, -0.25) is 0 Å². The van der Waals surface area contributed by atoms with Crippen LogP contribution in [0, 0.1) is 7.14 Å². The van der Waals surface area contributed by atoms with Crippen LogP contribution in [0.1, 0.15) is 11.6 Å². The number of ether oxygens (including phenoxy) is 1. The molecule has 0 unspecified atom stereocenters. The standard InChI is InChI=1S/C9H7I2NO3.ClH/c10-5-1-4(2-6(11)8(5)13)7-3-15-9(14)12-7;/h1-2,7,13H,3H2,(H,12,14);1H/t7-;/m0./s1. The van der Waals surface area contributed by atoms with Gasteiger partial charge in [0, 0.05) is 0 Å². The molecule has 1 aliphatic rings. The zero-order chi connectivity index (χ0) is 11.0. The highest BCUT2D eigenvalue weighted by Crippen LogP contribution is 2.30. The number of phenolic OH excluding ortho intramolecular Hbond substituents is 1. The number of carbonyl (C=O) groups is 1. The molecule has 1 aromatic carbocycles. The zero-order valence-electron chi connectivity index (χ0n) is 7.87. The minimum Gasteiger partial charge on any atom is -0.506 e. The number of cyclic esters (lactones) is 1. The number of hydrogen-bond donors (Lipinski definition) is 2. The van der Waals surface area contributed by atoms with Gasteiger partial charge in [0.25, 0.3) is 0 Å². The van der Waals surface area contributed by atoms with Crippen LogP contribution in [0.15, 0.2) is 12.1 Å². The molecule has 4 nitrogen and oxygen atoms in total. The molecular weight excluding hydrogens is 459 g/mol. The molecule has 1 atom stereocenters. The second kappa shape index (κ2) is 5.58. The van der Waals surface area contributed by atoms with Gasteiger partial charge in [-0.15, -0.1) is 12.4 Å². The largest absolute Gasteiger partial charge is 0.506 e. The summed E-state index contributed by atoms with van der Waals surface area (Å²) >= 11 is 4.12. The molecule has 0 radical (unpaired) electrons. The molecule has 1 aromatic rings. The molecule has 1 fully saturated rings. The van der Waals surface area contributed by atoms with E-state index in [0.717, 1.165) is 12.7 Å². The minimum atomic E-state index is -0.391. The molecule has 2 rings (SSSR count). The second-order valence-electron chi connectivity index (χ2n) is 3.13. The minimum absolute atomic E-state index is 0. The van der Waals surface area contributed by atoms with Gasteiger partial charge in [-0.05, 0) is 62.9 Å². The van der Waals surface area contributed by atoms with E-state index in [4.69, 9.17) is 4.74 Å². The average molecular weight is 467 g/mol. The maximum absolute atomic E-state index is 10.9. The first-order chi connectivity index (χ1) is 7.08. The van der Waals surface area contributed by atoms with Crippen molar-refractivity contribution in [2.24, 2.45) is 0 Å². The summed E-state index contributed by atoms with van der Waals surface area (Å²) in [6.07, 6.45) is -0.391. The zero-order valence-corrected chi connectivity index (χ0v) is 13.0. The summed E-state index contributed by atoms with van der Waals surface area (Å²) in [5.74, 6) is 0.283. The molecule has 1 saturated heterocycles. The number of phenols is 1. The van der Waals surface area contributed by atoms with E-state index in [1.165, 1.54) is 0 Å². The number of rotatable bonds is 1. The topological polar surface area (TPSA) is 58.6 Å². The lowest BCUT2D eigenvalue weighted by atomic mass is 10.1. The molecule has 0 aromatic heterocycles. The van der Waals surface area contributed by atoms with Crippen molar-refractivity contribution in [1.29, 1.82) is 0 Å². The number of benzene rings is 1. The summed E-state index contributed by atoms with van der Waals surface area (Å²) < 4.78 is 6.36. The molecule has 2 N–H and O–H groups in total. The number of halogens is 3. The molecule has 16 heavy (non-hydrogen) atoms. The first-order valence-corrected chi connectivity index (χ1v) is 6.35. The van der Waals surface area contributed by atoms with Crippen LogP contribution in [0.25, 0.3) is 0 Å². The van der Waals surface area contributed by atoms with Crippen molar-refractivity contribution < 1.29 is 14.6 Å². The van der Waals surface area contributed by atoms with Gasteiger partial charge >= 0.3 is 6.09 Å². The summed E-state index contributed by atoms with van der Waals surface area (Å²) in [5, 5.41) is 12.3. The van der Waals surface area contributed by atoms with Gasteiger partial charge < -0.3 is 15.2 Å². The fourth-order valence-corrected chi connectivity index (χ4v) is 3.17. The Hall–Kier alpha value is 0.0400. The lowest BCUT2D eigenvalue weighted by Crippen LogP contribution is -2.18. The monoisotopic (exact) mass is 467 g/mol. The number of carbonyl (C=O) groups excluding carboxylic acids is 1. The van der Waals surface area contributed by atoms with Gasteiger partial charge in [0.15, 0.2) is 0 Å². The molecule has 1 amide bonds. The van der Waals surface area contributed by atoms with Crippen LogP contribution in [0.3, 0.4) is 0 Å². The Morgan fingerprint density at radius 2 is 1.94 bits per heavy atom. The van der Waals surface area contributed by atoms with Crippen molar-refractivity contribution in [3.8, 4) is 5.75 Å². The maximum atomic E-state index is 10.9. The van der Waals surface area contributed by atoms with Crippen molar-refractivity contribution in [3.05, 3.63) is 24.8 Å². The van der Waals surface area contributed by atoms with Crippen LogP contribution < -0.4 is 5.32 Å². The summed E-state index contributed by atoms with van der Waals surface area (Å²) in [6.45, 7) is 0.343. The lowest BCUT2D eigenvalue weighted by Gasteiger charge is -2.10. The molecular formula is C9H8ClI2NO3. The second-order valence-corrected chi connectivity index (χ2v) is 5.45. The SMILES string of the molecule is Cl.O=C1N[C@H](c2cc(I)c(O)c(I)c2)CO1. The highest BCUT2D eigenvalue weighted by atomic mass is 127. The van der Waals surface area contributed by atoms with Gasteiger partial charge in [-0.1, -0.05) is 0 Å². The smallest absolute Gasteiger partial charge is 0.407 e. The Bertz CT molecular complexity index is 404. The van der Waals surface area contributed by atoms with Crippen molar-refractivity contribution in [2.45, 2.75) is 6.04 Å². The van der Waals surface area contributed by atoms with Crippen LogP contribution in [0.4, 0.5) is 4.79 Å². The third-order valence-electron chi connectivity index (χ3n) is 2.11. The summed E-state index contributed by atoms with van der Waals surface area (Å²) in [5.41, 5.74) is 0.951. The Labute approximate surface area is 126 Å². The molecule has 7 heteroatoms. The number of hydrogen-bond acceptors (Lipinski definition) is 3. The lowest BCUT2D eigenvalue weighted by molar-refractivity contribution is 0.177. The van der Waals surface area contributed by atoms with Gasteiger partial charge in [0.05, 0.1) is 13.2 Å². The Balaban J connectivity index is 0.00000128. The number of alkyl carbamates (subject to hydrolysis) is 1. The van der Waals surface area contributed by atoms with Crippen molar-refractivity contribution in [1.82, 2.24) is 5.32 Å². The predicted octanol–water partition coefficient (Wildman–Crippen LogP) is 2.80. The first kappa shape index (κ1) is 14.1. The van der Waals surface area contributed by atoms with Gasteiger partial charge in [-0.2, -0.15) is 0 Å². The summed E-state index contributed by atoms with van der Waals surface area (Å²) in [6, 6.07) is 3.58. The Kier molecular flexibility index (Phi) is 4.92. The third kappa shape index (κ3) is 2.83. The van der Waals surface area contributed by atoms with E-state index in [0.29, 0.717) is 6.61 Å². The van der Waals surface area contributed by atoms with E-state index in [1.54, 1.807) is 0 Å². The molecule has 88 valence electrons. The van der Waals surface area contributed by atoms with E-state index >= 15 is 0 Å². The Morgan fingerprint density at radius 3 is 2.38 bits per heavy atom. The maximum Gasteiger partial charge on any atom is 0.407 e. The highest BCUT2D eigenvalue weighted by molar-refractivity contribution is 14.1. The van der Waals surface area contributed by atoms with E-state index in [2.05, 4.69) is 50.5 Å². The van der Waals surface area contributed by atoms with Crippen LogP contribution in [0.5, 0.6) is 5.75 Å². The van der Waals surface area contributed by atoms with E-state index in [9.17, 15) is 9.90 Å². The normalized spacial score (nSPS) is 18.6. The first-order valence-electron chi connectivity index (χ1n) is 4.19. The molecule has 0 aliphatic carbocycles. The van der Waals surface area contributed by atoms with Crippen LogP contribution >= 0.6 is 57.6 Å². The van der Waals surface area contributed by atoms with Crippen molar-refractivity contribution in [3.63, 3.8) is 0 Å². The van der Waals surface area contributed by atoms with E-state index in [1.807, 2.05) is 12.1 Å². The van der Waals surface area contributed by atoms with Crippen LogP contribution in [-0.2, 0) is 4.74 Å². The van der Waals surface area contributed by atoms with E-state index < -0.39 is 6.09 Å². The molecule has 1 aliphatic heterocycles. The van der Waals surface area contributed by atoms with Crippen molar-refractivity contribution >= 4 is 63.7 Å². The van der Waals surface area contributed by atoms with Crippen LogP contribution in [0.2, 0.25) is 0 Å². The number of amides is 1. The molecule has 0 bridgehead atoms. The van der Waals surface area contributed by atoms with E-state index in [-0.39, 0.29) is 24.2 Å². The third-order valence-corrected chi connectivity index (χ3v) is 3.76. The van der Waals surface area contributed by atoms with Gasteiger partial charge in [0.2, 0.25) is 0 Å². The molecule has 0 spiro atoms. The summed E-state index contributed by atoms with van der Waals surface area (Å²) in [7, 11) is 0. The average Bonchev–Trinajstić information content (AvgIpc) is 2.60. The summed E-state index contributed by atoms with van der Waals surface area (Å²) in [4.78, 5) is 10.9. The number of nitrogens with one attached hydrogen (secondary N) is 1. The highest BCUT2D eigenvalue weighted by Gasteiger charge is 2.24. The number of aromatic hydroxyl groups is 1. The Morgan fingerprint density at radius 1 is 1.38 bits per heavy atom. The molecule has 0 saturated carbocycles. The quantitative estimate of drug-likeness (QED) is 0.625. The van der Waals surface area contributed by atoms with Gasteiger partial charge in [-0.25, -0.2) is 4.79 Å². The fourth-order valence-electron chi connectivity index (χ4n) is 1.35. The predicted molar refractivity (Wildman–Crippen MR) is 78.0 cm³/mol. The fraction of sp³-hybridized carbons (Fsp3) is 0.222.